The van der Waals surface area contributed by atoms with Gasteiger partial charge in [-0.05, 0) is 78.2 Å². The van der Waals surface area contributed by atoms with Gasteiger partial charge in [0.1, 0.15) is 5.82 Å². The van der Waals surface area contributed by atoms with Gasteiger partial charge in [-0.2, -0.15) is 18.2 Å². The van der Waals surface area contributed by atoms with Gasteiger partial charge in [-0.15, -0.1) is 0 Å². The van der Waals surface area contributed by atoms with E-state index in [1.54, 1.807) is 26.0 Å². The first kappa shape index (κ1) is 25.3. The molecule has 0 bridgehead atoms. The Hall–Kier alpha value is -3.70. The molecule has 5 rings (SSSR count). The van der Waals surface area contributed by atoms with Crippen molar-refractivity contribution in [3.05, 3.63) is 95.3 Å². The normalized spacial score (nSPS) is 26.4. The standard InChI is InChI=1S/C37H42F4N4O2S/c1-4-43(5-2)18-19-44(22-26-6-10-28(11-7-26)29-12-14-30(15-13-29)37(39,40)41)34(46)23-45-33-21-25(3)20-32(33)35(47)42-36(45)48-24-27-8-16-31(38)17-9-27/h6-17,25,32-33H,4-5,18-24H2,1-3H3/i18D2,19D2,20D2,21D2,25D. The molecule has 1 heterocycles. The minimum Gasteiger partial charge on any atom is -0.338 e. The van der Waals surface area contributed by atoms with E-state index in [2.05, 4.69) is 4.99 Å². The number of hydrogen-bond donors (Lipinski definition) is 0. The summed E-state index contributed by atoms with van der Waals surface area (Å²) in [5.74, 6) is -6.96. The maximum atomic E-state index is 14.7. The van der Waals surface area contributed by atoms with Gasteiger partial charge in [0.2, 0.25) is 5.91 Å². The van der Waals surface area contributed by atoms with Crippen molar-refractivity contribution in [3.8, 4) is 11.1 Å². The molecule has 11 heteroatoms. The third kappa shape index (κ3) is 8.85. The summed E-state index contributed by atoms with van der Waals surface area (Å²) in [4.78, 5) is 35.2. The third-order valence-corrected chi connectivity index (χ3v) is 9.00. The van der Waals surface area contributed by atoms with Gasteiger partial charge in [0, 0.05) is 40.9 Å². The number of hydrogen-bond acceptors (Lipinski definition) is 5. The molecule has 0 aromatic heterocycles. The molecular weight excluding hydrogens is 640 g/mol. The van der Waals surface area contributed by atoms with Crippen LogP contribution in [-0.4, -0.2) is 70.4 Å². The zero-order valence-electron chi connectivity index (χ0n) is 35.6. The van der Waals surface area contributed by atoms with Gasteiger partial charge in [0.05, 0.1) is 20.8 Å². The fraction of sp³-hybridized carbons (Fsp3) is 0.432. The summed E-state index contributed by atoms with van der Waals surface area (Å²) < 4.78 is 134. The first-order valence-electron chi connectivity index (χ1n) is 19.9. The first-order valence-corrected chi connectivity index (χ1v) is 16.4. The van der Waals surface area contributed by atoms with Crippen LogP contribution in [0.25, 0.3) is 11.1 Å². The van der Waals surface area contributed by atoms with Crippen molar-refractivity contribution in [1.29, 1.82) is 0 Å². The number of alkyl halides is 3. The first-order chi connectivity index (χ1) is 26.3. The number of carbonyl (C=O) groups excluding carboxylic acids is 2. The largest absolute Gasteiger partial charge is 0.416 e. The minimum absolute atomic E-state index is 0.0445. The lowest BCUT2D eigenvalue weighted by Gasteiger charge is -2.38. The van der Waals surface area contributed by atoms with E-state index in [1.165, 1.54) is 53.4 Å². The highest BCUT2D eigenvalue weighted by Gasteiger charge is 2.45. The number of aliphatic imine (C=N–C) groups is 1. The van der Waals surface area contributed by atoms with E-state index in [0.29, 0.717) is 27.2 Å². The average molecular weight is 692 g/mol. The van der Waals surface area contributed by atoms with E-state index in [1.807, 2.05) is 0 Å². The Bertz CT molecular complexity index is 1980. The van der Waals surface area contributed by atoms with Gasteiger partial charge in [-0.25, -0.2) is 4.39 Å². The summed E-state index contributed by atoms with van der Waals surface area (Å²) in [5, 5.41) is -0.218. The molecule has 3 aromatic rings. The molecule has 6 nitrogen and oxygen atoms in total. The molecule has 3 atom stereocenters. The van der Waals surface area contributed by atoms with Gasteiger partial charge >= 0.3 is 6.18 Å². The van der Waals surface area contributed by atoms with Crippen molar-refractivity contribution in [2.24, 2.45) is 16.8 Å². The van der Waals surface area contributed by atoms with Crippen LogP contribution in [0.5, 0.6) is 0 Å². The van der Waals surface area contributed by atoms with E-state index < -0.39 is 86.1 Å². The minimum atomic E-state index is -4.53. The predicted molar refractivity (Wildman–Crippen MR) is 183 cm³/mol. The quantitative estimate of drug-likeness (QED) is 0.182. The van der Waals surface area contributed by atoms with Crippen molar-refractivity contribution in [2.75, 3.05) is 32.6 Å². The molecule has 1 fully saturated rings. The number of amides is 2. The van der Waals surface area contributed by atoms with Crippen LogP contribution in [-0.2, 0) is 28.1 Å². The van der Waals surface area contributed by atoms with Crippen LogP contribution in [0.3, 0.4) is 0 Å². The van der Waals surface area contributed by atoms with Gasteiger partial charge in [0.15, 0.2) is 5.17 Å². The highest BCUT2D eigenvalue weighted by molar-refractivity contribution is 8.13. The molecule has 1 aliphatic heterocycles. The smallest absolute Gasteiger partial charge is 0.338 e. The maximum Gasteiger partial charge on any atom is 0.416 e. The molecule has 1 saturated carbocycles. The van der Waals surface area contributed by atoms with Gasteiger partial charge < -0.3 is 14.7 Å². The van der Waals surface area contributed by atoms with Crippen molar-refractivity contribution < 1.29 is 39.5 Å². The summed E-state index contributed by atoms with van der Waals surface area (Å²) >= 11 is 0.876. The zero-order valence-corrected chi connectivity index (χ0v) is 27.5. The number of carbonyl (C=O) groups is 2. The molecule has 3 aromatic carbocycles. The van der Waals surface area contributed by atoms with E-state index in [0.717, 1.165) is 35.7 Å². The van der Waals surface area contributed by atoms with Gasteiger partial charge in [-0.1, -0.05) is 81.1 Å². The number of benzene rings is 3. The molecule has 256 valence electrons. The molecule has 0 saturated heterocycles. The topological polar surface area (TPSA) is 56.2 Å². The van der Waals surface area contributed by atoms with Crippen molar-refractivity contribution >= 4 is 28.7 Å². The predicted octanol–water partition coefficient (Wildman–Crippen LogP) is 7.73. The fourth-order valence-corrected chi connectivity index (χ4v) is 6.23. The molecule has 2 amide bonds. The molecule has 48 heavy (non-hydrogen) atoms. The lowest BCUT2D eigenvalue weighted by atomic mass is 10.00. The maximum absolute atomic E-state index is 14.7. The molecule has 2 aliphatic rings. The molecule has 0 N–H and O–H groups in total. The Morgan fingerprint density at radius 3 is 2.19 bits per heavy atom. The van der Waals surface area contributed by atoms with Crippen LogP contribution in [0, 0.1) is 17.6 Å². The van der Waals surface area contributed by atoms with Crippen LogP contribution < -0.4 is 0 Å². The Balaban J connectivity index is 1.56. The van der Waals surface area contributed by atoms with E-state index in [-0.39, 0.29) is 24.0 Å². The summed E-state index contributed by atoms with van der Waals surface area (Å²) in [6.07, 6.45) is -10.1. The van der Waals surface area contributed by atoms with Gasteiger partial charge in [0.25, 0.3) is 5.91 Å². The molecular formula is C37H42F4N4O2S. The Morgan fingerprint density at radius 1 is 0.979 bits per heavy atom. The summed E-state index contributed by atoms with van der Waals surface area (Å²) in [5.41, 5.74) is 0.983. The van der Waals surface area contributed by atoms with Crippen molar-refractivity contribution in [3.63, 3.8) is 0 Å². The summed E-state index contributed by atoms with van der Waals surface area (Å²) in [6.45, 7) is -2.99. The van der Waals surface area contributed by atoms with Crippen molar-refractivity contribution in [2.45, 2.75) is 58.0 Å². The van der Waals surface area contributed by atoms with Gasteiger partial charge in [-0.3, -0.25) is 9.59 Å². The number of thioether (sulfide) groups is 1. The van der Waals surface area contributed by atoms with E-state index >= 15 is 0 Å². The van der Waals surface area contributed by atoms with E-state index in [9.17, 15) is 29.9 Å². The summed E-state index contributed by atoms with van der Waals surface area (Å²) in [7, 11) is 0. The van der Waals surface area contributed by atoms with Crippen LogP contribution in [0.15, 0.2) is 77.8 Å². The fourth-order valence-electron chi connectivity index (χ4n) is 5.24. The second-order valence-corrected chi connectivity index (χ2v) is 12.2. The average Bonchev–Trinajstić information content (AvgIpc) is 3.25. The third-order valence-electron chi connectivity index (χ3n) is 7.94. The molecule has 1 aliphatic carbocycles. The number of nitrogens with zero attached hydrogens (tertiary/aromatic N) is 4. The number of likely N-dealkylation sites (N-methyl/N-ethyl adjacent to an activating group) is 1. The van der Waals surface area contributed by atoms with Crippen LogP contribution >= 0.6 is 11.8 Å². The highest BCUT2D eigenvalue weighted by atomic mass is 32.2. The number of amidine groups is 1. The van der Waals surface area contributed by atoms with E-state index in [4.69, 9.17) is 9.60 Å². The molecule has 3 unspecified atom stereocenters. The van der Waals surface area contributed by atoms with Crippen molar-refractivity contribution in [1.82, 2.24) is 14.7 Å². The second kappa shape index (κ2) is 15.7. The Kier molecular flexibility index (Phi) is 8.26. The Morgan fingerprint density at radius 2 is 1.58 bits per heavy atom. The lowest BCUT2D eigenvalue weighted by molar-refractivity contribution is -0.137. The molecule has 0 spiro atoms. The summed E-state index contributed by atoms with van der Waals surface area (Å²) in [6, 6.07) is 14.1. The number of halogens is 4. The van der Waals surface area contributed by atoms with Crippen LogP contribution in [0.2, 0.25) is 0 Å². The Labute approximate surface area is 296 Å². The van der Waals surface area contributed by atoms with Crippen LogP contribution in [0.4, 0.5) is 17.6 Å². The SMILES string of the molecule is [2H]C1([2H])C2C(=O)N=C(SCc3ccc(F)cc3)N(CC(=O)N(Cc3ccc(-c4ccc(C(F)(F)F)cc4)cc3)C([2H])([2H])C([2H])([2H])N(CC)CC)C2C([2H])([2H])C1([2H])C. The van der Waals surface area contributed by atoms with Crippen LogP contribution in [0.1, 0.15) is 62.5 Å². The highest BCUT2D eigenvalue weighted by Crippen LogP contribution is 2.40. The molecule has 0 radical (unpaired) electrons. The lowest BCUT2D eigenvalue weighted by Crippen LogP contribution is -2.52. The second-order valence-electron chi connectivity index (χ2n) is 11.3. The number of fused-ring (bicyclic) bond motifs is 1. The monoisotopic (exact) mass is 691 g/mol. The number of rotatable bonds is 12. The zero-order chi connectivity index (χ0) is 42.5.